The molecule has 1 aliphatic carbocycles. The van der Waals surface area contributed by atoms with Gasteiger partial charge in [-0.1, -0.05) is 38.1 Å². The van der Waals surface area contributed by atoms with E-state index in [1.54, 1.807) is 0 Å². The topological polar surface area (TPSA) is 64.9 Å². The lowest BCUT2D eigenvalue weighted by Crippen LogP contribution is -2.15. The first-order chi connectivity index (χ1) is 6.97. The largest absolute Gasteiger partial charge is 0.339 e. The van der Waals surface area contributed by atoms with Crippen molar-refractivity contribution < 1.29 is 4.52 Å². The molecule has 2 rings (SSSR count). The molecule has 15 heavy (non-hydrogen) atoms. The van der Waals surface area contributed by atoms with Crippen LogP contribution in [0.5, 0.6) is 0 Å². The van der Waals surface area contributed by atoms with E-state index >= 15 is 0 Å². The molecule has 0 fully saturated rings. The zero-order valence-electron chi connectivity index (χ0n) is 9.40. The van der Waals surface area contributed by atoms with Crippen molar-refractivity contribution in [2.24, 2.45) is 5.73 Å². The Balaban J connectivity index is 2.18. The van der Waals surface area contributed by atoms with Gasteiger partial charge < -0.3 is 10.3 Å². The van der Waals surface area contributed by atoms with Crippen molar-refractivity contribution in [3.8, 4) is 0 Å². The summed E-state index contributed by atoms with van der Waals surface area (Å²) >= 11 is 0. The van der Waals surface area contributed by atoms with Crippen molar-refractivity contribution in [1.82, 2.24) is 10.1 Å². The van der Waals surface area contributed by atoms with Gasteiger partial charge in [-0.05, 0) is 6.42 Å². The number of allylic oxidation sites excluding steroid dienone is 1. The molecular formula is C11H17N3O. The van der Waals surface area contributed by atoms with Crippen LogP contribution in [-0.4, -0.2) is 16.2 Å². The number of aromatic nitrogens is 2. The minimum Gasteiger partial charge on any atom is -0.339 e. The number of hydrogen-bond donors (Lipinski definition) is 1. The zero-order valence-corrected chi connectivity index (χ0v) is 9.40. The molecule has 1 aromatic heterocycles. The van der Waals surface area contributed by atoms with Crippen molar-refractivity contribution >= 4 is 0 Å². The van der Waals surface area contributed by atoms with Crippen LogP contribution in [0.3, 0.4) is 0 Å². The van der Waals surface area contributed by atoms with Crippen LogP contribution in [0.1, 0.15) is 44.8 Å². The van der Waals surface area contributed by atoms with Gasteiger partial charge in [-0.2, -0.15) is 4.98 Å². The summed E-state index contributed by atoms with van der Waals surface area (Å²) in [5.41, 5.74) is 5.72. The fourth-order valence-corrected chi connectivity index (χ4v) is 1.60. The molecule has 0 saturated heterocycles. The molecule has 0 saturated carbocycles. The summed E-state index contributed by atoms with van der Waals surface area (Å²) < 4.78 is 5.26. The Morgan fingerprint density at radius 3 is 2.60 bits per heavy atom. The fourth-order valence-electron chi connectivity index (χ4n) is 1.60. The molecule has 0 aromatic carbocycles. The highest BCUT2D eigenvalue weighted by Crippen LogP contribution is 2.28. The van der Waals surface area contributed by atoms with Gasteiger partial charge in [0.15, 0.2) is 5.82 Å². The lowest BCUT2D eigenvalue weighted by molar-refractivity contribution is 0.352. The summed E-state index contributed by atoms with van der Waals surface area (Å²) in [6.07, 6.45) is 4.90. The molecule has 1 aromatic rings. The smallest absolute Gasteiger partial charge is 0.233 e. The van der Waals surface area contributed by atoms with Gasteiger partial charge in [0.25, 0.3) is 0 Å². The lowest BCUT2D eigenvalue weighted by Gasteiger charge is -2.11. The predicted molar refractivity (Wildman–Crippen MR) is 57.5 cm³/mol. The minimum absolute atomic E-state index is 0.0633. The molecule has 4 heteroatoms. The molecule has 4 nitrogen and oxygen atoms in total. The van der Waals surface area contributed by atoms with Crippen LogP contribution >= 0.6 is 0 Å². The molecule has 0 amide bonds. The van der Waals surface area contributed by atoms with Crippen LogP contribution in [0.4, 0.5) is 0 Å². The second kappa shape index (κ2) is 3.45. The standard InChI is InChI=1S/C11H17N3O/c1-11(2,3)10-13-9(15-14-10)7-4-5-8(12)6-7/h4-5,7-8H,6,12H2,1-3H3. The van der Waals surface area contributed by atoms with E-state index in [2.05, 4.69) is 30.9 Å². The van der Waals surface area contributed by atoms with Crippen molar-refractivity contribution in [1.29, 1.82) is 0 Å². The molecule has 1 heterocycles. The molecule has 2 atom stereocenters. The predicted octanol–water partition coefficient (Wildman–Crippen LogP) is 1.74. The van der Waals surface area contributed by atoms with E-state index in [-0.39, 0.29) is 17.4 Å². The highest BCUT2D eigenvalue weighted by Gasteiger charge is 2.26. The normalized spacial score (nSPS) is 26.1. The van der Waals surface area contributed by atoms with Gasteiger partial charge in [0.05, 0.1) is 5.92 Å². The Labute approximate surface area is 89.5 Å². The third-order valence-corrected chi connectivity index (χ3v) is 2.55. The highest BCUT2D eigenvalue weighted by molar-refractivity contribution is 5.16. The second-order valence-corrected chi connectivity index (χ2v) is 5.10. The minimum atomic E-state index is -0.0633. The Morgan fingerprint density at radius 1 is 1.40 bits per heavy atom. The maximum Gasteiger partial charge on any atom is 0.233 e. The maximum absolute atomic E-state index is 5.78. The van der Waals surface area contributed by atoms with Gasteiger partial charge in [0.1, 0.15) is 0 Å². The van der Waals surface area contributed by atoms with Crippen LogP contribution in [0.2, 0.25) is 0 Å². The summed E-state index contributed by atoms with van der Waals surface area (Å²) in [4.78, 5) is 4.41. The number of rotatable bonds is 1. The van der Waals surface area contributed by atoms with Crippen molar-refractivity contribution in [3.63, 3.8) is 0 Å². The van der Waals surface area contributed by atoms with Gasteiger partial charge in [0.2, 0.25) is 5.89 Å². The summed E-state index contributed by atoms with van der Waals surface area (Å²) in [7, 11) is 0. The quantitative estimate of drug-likeness (QED) is 0.712. The Bertz CT molecular complexity index is 375. The molecular weight excluding hydrogens is 190 g/mol. The molecule has 2 unspecified atom stereocenters. The monoisotopic (exact) mass is 207 g/mol. The number of hydrogen-bond acceptors (Lipinski definition) is 4. The van der Waals surface area contributed by atoms with E-state index in [1.165, 1.54) is 0 Å². The number of nitrogens with zero attached hydrogens (tertiary/aromatic N) is 2. The third-order valence-electron chi connectivity index (χ3n) is 2.55. The maximum atomic E-state index is 5.78. The van der Waals surface area contributed by atoms with Crippen LogP contribution in [0, 0.1) is 0 Å². The fraction of sp³-hybridized carbons (Fsp3) is 0.636. The Kier molecular flexibility index (Phi) is 2.38. The van der Waals surface area contributed by atoms with Crippen molar-refractivity contribution in [2.75, 3.05) is 0 Å². The Morgan fingerprint density at radius 2 is 2.13 bits per heavy atom. The summed E-state index contributed by atoms with van der Waals surface area (Å²) in [5, 5.41) is 4.00. The number of nitrogens with two attached hydrogens (primary N) is 1. The average molecular weight is 207 g/mol. The molecule has 0 aliphatic heterocycles. The van der Waals surface area contributed by atoms with Crippen LogP contribution < -0.4 is 5.73 Å². The van der Waals surface area contributed by atoms with Gasteiger partial charge >= 0.3 is 0 Å². The summed E-state index contributed by atoms with van der Waals surface area (Å²) in [6.45, 7) is 6.20. The lowest BCUT2D eigenvalue weighted by atomic mass is 9.96. The zero-order chi connectivity index (χ0) is 11.1. The summed E-state index contributed by atoms with van der Waals surface area (Å²) in [6, 6.07) is 0.125. The van der Waals surface area contributed by atoms with Gasteiger partial charge in [-0.3, -0.25) is 0 Å². The summed E-state index contributed by atoms with van der Waals surface area (Å²) in [5.74, 6) is 1.64. The Hall–Kier alpha value is -1.16. The van der Waals surface area contributed by atoms with E-state index in [1.807, 2.05) is 12.2 Å². The first-order valence-electron chi connectivity index (χ1n) is 5.25. The SMILES string of the molecule is CC(C)(C)c1noc(C2C=CC(N)C2)n1. The van der Waals surface area contributed by atoms with E-state index in [4.69, 9.17) is 10.3 Å². The molecule has 2 N–H and O–H groups in total. The van der Waals surface area contributed by atoms with Crippen LogP contribution in [-0.2, 0) is 5.41 Å². The molecule has 82 valence electrons. The highest BCUT2D eigenvalue weighted by atomic mass is 16.5. The first-order valence-corrected chi connectivity index (χ1v) is 5.25. The molecule has 1 aliphatic rings. The van der Waals surface area contributed by atoms with E-state index in [9.17, 15) is 0 Å². The van der Waals surface area contributed by atoms with Crippen LogP contribution in [0.25, 0.3) is 0 Å². The second-order valence-electron chi connectivity index (χ2n) is 5.10. The van der Waals surface area contributed by atoms with Gasteiger partial charge in [-0.25, -0.2) is 0 Å². The average Bonchev–Trinajstić information content (AvgIpc) is 2.69. The van der Waals surface area contributed by atoms with Crippen molar-refractivity contribution in [2.45, 2.75) is 44.6 Å². The molecule has 0 spiro atoms. The van der Waals surface area contributed by atoms with Gasteiger partial charge in [0, 0.05) is 11.5 Å². The van der Waals surface area contributed by atoms with E-state index < -0.39 is 0 Å². The molecule has 0 radical (unpaired) electrons. The third kappa shape index (κ3) is 2.09. The van der Waals surface area contributed by atoms with E-state index in [0.29, 0.717) is 5.89 Å². The first kappa shape index (κ1) is 10.4. The molecule has 0 bridgehead atoms. The van der Waals surface area contributed by atoms with Gasteiger partial charge in [-0.15, -0.1) is 0 Å². The van der Waals surface area contributed by atoms with Crippen molar-refractivity contribution in [3.05, 3.63) is 23.9 Å². The van der Waals surface area contributed by atoms with E-state index in [0.717, 1.165) is 12.2 Å². The van der Waals surface area contributed by atoms with Crippen LogP contribution in [0.15, 0.2) is 16.7 Å².